The molecule has 0 bridgehead atoms. The number of nitrogens with zero attached hydrogens (tertiary/aromatic N) is 3. The quantitative estimate of drug-likeness (QED) is 0.783. The number of ketones is 1. The predicted octanol–water partition coefficient (Wildman–Crippen LogP) is 2.60. The first-order valence-corrected chi connectivity index (χ1v) is 6.15. The average molecular weight is 265 g/mol. The van der Waals surface area contributed by atoms with Crippen LogP contribution in [0, 0.1) is 5.82 Å². The van der Waals surface area contributed by atoms with Gasteiger partial charge in [-0.05, 0) is 17.6 Å². The second-order valence-electron chi connectivity index (χ2n) is 4.89. The first-order chi connectivity index (χ1) is 8.41. The maximum atomic E-state index is 13.5. The lowest BCUT2D eigenvalue weighted by atomic mass is 9.90. The van der Waals surface area contributed by atoms with Crippen LogP contribution in [0.15, 0.2) is 18.5 Å². The molecule has 0 saturated heterocycles. The second-order valence-corrected chi connectivity index (χ2v) is 5.64. The van der Waals surface area contributed by atoms with Crippen LogP contribution in [0.25, 0.3) is 0 Å². The van der Waals surface area contributed by atoms with Crippen LogP contribution in [0.2, 0.25) is 0 Å². The summed E-state index contributed by atoms with van der Waals surface area (Å²) in [7, 11) is 0. The molecule has 2 aromatic heterocycles. The van der Waals surface area contributed by atoms with Crippen LogP contribution in [0.5, 0.6) is 0 Å². The highest BCUT2D eigenvalue weighted by atomic mass is 32.1. The van der Waals surface area contributed by atoms with Crippen molar-refractivity contribution in [2.45, 2.75) is 26.2 Å². The van der Waals surface area contributed by atoms with E-state index in [1.807, 2.05) is 20.8 Å². The monoisotopic (exact) mass is 265 g/mol. The zero-order chi connectivity index (χ0) is 13.3. The summed E-state index contributed by atoms with van der Waals surface area (Å²) >= 11 is 0.990. The van der Waals surface area contributed by atoms with E-state index in [4.69, 9.17) is 0 Å². The minimum atomic E-state index is -0.629. The van der Waals surface area contributed by atoms with Gasteiger partial charge >= 0.3 is 0 Å². The van der Waals surface area contributed by atoms with Crippen molar-refractivity contribution < 1.29 is 9.18 Å². The Labute approximate surface area is 108 Å². The van der Waals surface area contributed by atoms with Crippen molar-refractivity contribution >= 4 is 17.3 Å². The van der Waals surface area contributed by atoms with E-state index in [0.29, 0.717) is 10.6 Å². The van der Waals surface area contributed by atoms with E-state index >= 15 is 0 Å². The molecule has 0 aliphatic heterocycles. The molecule has 2 aromatic rings. The van der Waals surface area contributed by atoms with Gasteiger partial charge in [-0.25, -0.2) is 4.39 Å². The van der Waals surface area contributed by atoms with Crippen molar-refractivity contribution in [1.29, 1.82) is 0 Å². The van der Waals surface area contributed by atoms with Gasteiger partial charge in [-0.2, -0.15) is 0 Å². The molecule has 0 radical (unpaired) electrons. The van der Waals surface area contributed by atoms with Gasteiger partial charge in [0.1, 0.15) is 4.88 Å². The van der Waals surface area contributed by atoms with E-state index in [9.17, 15) is 9.18 Å². The molecular formula is C12H12FN3OS. The minimum Gasteiger partial charge on any atom is -0.287 e. The Hall–Kier alpha value is -1.69. The van der Waals surface area contributed by atoms with Gasteiger partial charge in [0.05, 0.1) is 17.5 Å². The van der Waals surface area contributed by atoms with Gasteiger partial charge in [-0.15, -0.1) is 5.10 Å². The number of halogens is 1. The van der Waals surface area contributed by atoms with Gasteiger partial charge in [-0.3, -0.25) is 9.78 Å². The maximum absolute atomic E-state index is 13.5. The summed E-state index contributed by atoms with van der Waals surface area (Å²) in [6, 6.07) is 1.36. The summed E-state index contributed by atoms with van der Waals surface area (Å²) in [4.78, 5) is 16.3. The topological polar surface area (TPSA) is 55.7 Å². The number of hydrogen-bond donors (Lipinski definition) is 0. The van der Waals surface area contributed by atoms with Crippen LogP contribution in [0.3, 0.4) is 0 Å². The normalized spacial score (nSPS) is 11.6. The molecule has 94 valence electrons. The molecule has 0 aliphatic rings. The van der Waals surface area contributed by atoms with Gasteiger partial charge in [0.25, 0.3) is 0 Å². The van der Waals surface area contributed by atoms with Crippen molar-refractivity contribution in [2.24, 2.45) is 0 Å². The van der Waals surface area contributed by atoms with Crippen LogP contribution < -0.4 is 0 Å². The molecule has 0 N–H and O–H groups in total. The van der Waals surface area contributed by atoms with Gasteiger partial charge in [0, 0.05) is 11.6 Å². The number of rotatable bonds is 2. The lowest BCUT2D eigenvalue weighted by Gasteiger charge is -2.15. The summed E-state index contributed by atoms with van der Waals surface area (Å²) in [5.74, 6) is -1.02. The van der Waals surface area contributed by atoms with Gasteiger partial charge in [-0.1, -0.05) is 25.3 Å². The van der Waals surface area contributed by atoms with Crippen molar-refractivity contribution in [3.05, 3.63) is 40.4 Å². The number of aromatic nitrogens is 3. The summed E-state index contributed by atoms with van der Waals surface area (Å²) in [6.07, 6.45) is 2.42. The molecule has 0 fully saturated rings. The molecule has 0 aromatic carbocycles. The molecule has 2 heterocycles. The molecule has 0 saturated carbocycles. The molecular weight excluding hydrogens is 253 g/mol. The van der Waals surface area contributed by atoms with Crippen molar-refractivity contribution in [3.63, 3.8) is 0 Å². The van der Waals surface area contributed by atoms with Gasteiger partial charge in [0.2, 0.25) is 5.78 Å². The summed E-state index contributed by atoms with van der Waals surface area (Å²) < 4.78 is 17.3. The molecule has 0 atom stereocenters. The zero-order valence-electron chi connectivity index (χ0n) is 10.3. The number of carbonyl (C=O) groups excluding carboxylic acids is 1. The largest absolute Gasteiger partial charge is 0.287 e. The lowest BCUT2D eigenvalue weighted by Crippen LogP contribution is -2.17. The standard InChI is InChI=1S/C12H12FN3OS/c1-12(2,3)11-10(18-16-15-11)9(17)7-4-5-14-6-8(7)13/h4-6H,1-3H3. The summed E-state index contributed by atoms with van der Waals surface area (Å²) in [5, 5.41) is 3.97. The highest BCUT2D eigenvalue weighted by Gasteiger charge is 2.28. The van der Waals surface area contributed by atoms with Crippen LogP contribution in [0.4, 0.5) is 4.39 Å². The highest BCUT2D eigenvalue weighted by Crippen LogP contribution is 2.28. The SMILES string of the molecule is CC(C)(C)c1nnsc1C(=O)c1ccncc1F. The number of hydrogen-bond acceptors (Lipinski definition) is 5. The summed E-state index contributed by atoms with van der Waals surface area (Å²) in [5.41, 5.74) is 0.289. The van der Waals surface area contributed by atoms with E-state index in [-0.39, 0.29) is 11.0 Å². The fraction of sp³-hybridized carbons (Fsp3) is 0.333. The van der Waals surface area contributed by atoms with Crippen molar-refractivity contribution in [2.75, 3.05) is 0 Å². The predicted molar refractivity (Wildman–Crippen MR) is 66.2 cm³/mol. The number of carbonyl (C=O) groups is 1. The first-order valence-electron chi connectivity index (χ1n) is 5.38. The van der Waals surface area contributed by atoms with Crippen LogP contribution >= 0.6 is 11.5 Å². The Bertz CT molecular complexity index is 589. The van der Waals surface area contributed by atoms with Crippen LogP contribution in [-0.2, 0) is 5.41 Å². The van der Waals surface area contributed by atoms with E-state index in [1.54, 1.807) is 0 Å². The molecule has 18 heavy (non-hydrogen) atoms. The Morgan fingerprint density at radius 1 is 1.39 bits per heavy atom. The molecule has 6 heteroatoms. The fourth-order valence-electron chi connectivity index (χ4n) is 1.51. The fourth-order valence-corrected chi connectivity index (χ4v) is 2.34. The maximum Gasteiger partial charge on any atom is 0.209 e. The molecule has 0 amide bonds. The third kappa shape index (κ3) is 2.28. The zero-order valence-corrected chi connectivity index (χ0v) is 11.1. The molecule has 0 unspecified atom stereocenters. The second kappa shape index (κ2) is 4.53. The summed E-state index contributed by atoms with van der Waals surface area (Å²) in [6.45, 7) is 5.80. The average Bonchev–Trinajstić information content (AvgIpc) is 2.77. The Morgan fingerprint density at radius 2 is 2.11 bits per heavy atom. The smallest absolute Gasteiger partial charge is 0.209 e. The van der Waals surface area contributed by atoms with E-state index in [1.165, 1.54) is 12.3 Å². The Morgan fingerprint density at radius 3 is 2.72 bits per heavy atom. The van der Waals surface area contributed by atoms with Gasteiger partial charge < -0.3 is 0 Å². The van der Waals surface area contributed by atoms with Crippen LogP contribution in [-0.4, -0.2) is 20.4 Å². The van der Waals surface area contributed by atoms with Crippen molar-refractivity contribution in [3.8, 4) is 0 Å². The third-order valence-electron chi connectivity index (χ3n) is 2.42. The molecule has 2 rings (SSSR count). The third-order valence-corrected chi connectivity index (χ3v) is 3.15. The van der Waals surface area contributed by atoms with Crippen LogP contribution in [0.1, 0.15) is 41.7 Å². The molecule has 0 spiro atoms. The Balaban J connectivity index is 2.48. The number of pyridine rings is 1. The lowest BCUT2D eigenvalue weighted by molar-refractivity contribution is 0.103. The van der Waals surface area contributed by atoms with Crippen molar-refractivity contribution in [1.82, 2.24) is 14.6 Å². The minimum absolute atomic E-state index is 0.00144. The Kier molecular flexibility index (Phi) is 3.21. The van der Waals surface area contributed by atoms with E-state index in [0.717, 1.165) is 17.7 Å². The van der Waals surface area contributed by atoms with Gasteiger partial charge in [0.15, 0.2) is 5.82 Å². The molecule has 0 aliphatic carbocycles. The van der Waals surface area contributed by atoms with E-state index < -0.39 is 11.6 Å². The first kappa shape index (κ1) is 12.8. The van der Waals surface area contributed by atoms with E-state index in [2.05, 4.69) is 14.6 Å². The molecule has 4 nitrogen and oxygen atoms in total. The highest BCUT2D eigenvalue weighted by molar-refractivity contribution is 7.08.